The van der Waals surface area contributed by atoms with Crippen LogP contribution in [0.4, 0.5) is 17.1 Å². The van der Waals surface area contributed by atoms with Gasteiger partial charge in [0.25, 0.3) is 5.69 Å². The van der Waals surface area contributed by atoms with Gasteiger partial charge in [-0.25, -0.2) is 8.42 Å². The van der Waals surface area contributed by atoms with Crippen LogP contribution >= 0.6 is 0 Å². The van der Waals surface area contributed by atoms with E-state index in [0.717, 1.165) is 38.3 Å². The minimum absolute atomic E-state index is 0.0304. The first-order valence-corrected chi connectivity index (χ1v) is 10.3. The van der Waals surface area contributed by atoms with Crippen LogP contribution in [0.25, 0.3) is 0 Å². The molecule has 138 valence electrons. The fourth-order valence-electron chi connectivity index (χ4n) is 3.19. The van der Waals surface area contributed by atoms with Crippen LogP contribution in [0.15, 0.2) is 53.4 Å². The fourth-order valence-corrected chi connectivity index (χ4v) is 4.05. The molecule has 8 heteroatoms. The van der Waals surface area contributed by atoms with E-state index in [1.807, 2.05) is 18.2 Å². The minimum Gasteiger partial charge on any atom is -0.381 e. The maximum Gasteiger partial charge on any atom is 0.270 e. The van der Waals surface area contributed by atoms with Crippen LogP contribution in [0.5, 0.6) is 0 Å². The molecule has 0 bridgehead atoms. The van der Waals surface area contributed by atoms with Gasteiger partial charge in [0.15, 0.2) is 9.84 Å². The van der Waals surface area contributed by atoms with E-state index in [-0.39, 0.29) is 16.6 Å². The molecule has 3 rings (SSSR count). The predicted octanol–water partition coefficient (Wildman–Crippen LogP) is 3.08. The molecule has 1 heterocycles. The first-order valence-electron chi connectivity index (χ1n) is 8.39. The van der Waals surface area contributed by atoms with E-state index in [1.54, 1.807) is 0 Å². The summed E-state index contributed by atoms with van der Waals surface area (Å²) in [4.78, 5) is 12.6. The quantitative estimate of drug-likeness (QED) is 0.638. The third-order valence-corrected chi connectivity index (χ3v) is 5.69. The number of nitro groups is 1. The normalized spacial score (nSPS) is 15.7. The summed E-state index contributed by atoms with van der Waals surface area (Å²) in [5.41, 5.74) is 1.38. The Kier molecular flexibility index (Phi) is 5.13. The Bertz CT molecular complexity index is 892. The van der Waals surface area contributed by atoms with E-state index < -0.39 is 14.8 Å². The van der Waals surface area contributed by atoms with Crippen molar-refractivity contribution in [2.24, 2.45) is 0 Å². The van der Waals surface area contributed by atoms with Crippen LogP contribution in [0.3, 0.4) is 0 Å². The van der Waals surface area contributed by atoms with Crippen molar-refractivity contribution in [2.75, 3.05) is 29.6 Å². The van der Waals surface area contributed by atoms with Gasteiger partial charge < -0.3 is 10.2 Å². The number of nitrogens with one attached hydrogen (secondary N) is 1. The lowest BCUT2D eigenvalue weighted by atomic mass is 10.0. The van der Waals surface area contributed by atoms with E-state index in [2.05, 4.69) is 22.3 Å². The predicted molar refractivity (Wildman–Crippen MR) is 102 cm³/mol. The molecule has 0 amide bonds. The lowest BCUT2D eigenvalue weighted by Crippen LogP contribution is -2.39. The molecule has 2 aromatic rings. The van der Waals surface area contributed by atoms with Gasteiger partial charge in [0, 0.05) is 43.2 Å². The molecule has 0 spiro atoms. The molecule has 0 radical (unpaired) electrons. The zero-order chi connectivity index (χ0) is 18.7. The standard InChI is InChI=1S/C18H21N3O4S/c1-26(24,25)18-13-16(21(22)23)7-8-17(18)19-14-9-11-20(12-10-14)15-5-3-2-4-6-15/h2-8,13-14,19H,9-12H2,1H3. The van der Waals surface area contributed by atoms with E-state index in [0.29, 0.717) is 5.69 Å². The smallest absolute Gasteiger partial charge is 0.270 e. The lowest BCUT2D eigenvalue weighted by Gasteiger charge is -2.34. The van der Waals surface area contributed by atoms with E-state index in [1.165, 1.54) is 17.8 Å². The van der Waals surface area contributed by atoms with Crippen molar-refractivity contribution in [1.29, 1.82) is 0 Å². The van der Waals surface area contributed by atoms with Gasteiger partial charge in [-0.3, -0.25) is 10.1 Å². The van der Waals surface area contributed by atoms with Gasteiger partial charge in [-0.2, -0.15) is 0 Å². The zero-order valence-corrected chi connectivity index (χ0v) is 15.3. The third kappa shape index (κ3) is 4.13. The molecule has 0 aliphatic carbocycles. The Morgan fingerprint density at radius 3 is 2.35 bits per heavy atom. The topological polar surface area (TPSA) is 92.5 Å². The molecule has 2 aromatic carbocycles. The molecule has 0 aromatic heterocycles. The number of nitrogens with zero attached hydrogens (tertiary/aromatic N) is 2. The van der Waals surface area contributed by atoms with Gasteiger partial charge >= 0.3 is 0 Å². The number of sulfone groups is 1. The van der Waals surface area contributed by atoms with Crippen LogP contribution < -0.4 is 10.2 Å². The largest absolute Gasteiger partial charge is 0.381 e. The number of non-ortho nitro benzene ring substituents is 1. The van der Waals surface area contributed by atoms with E-state index in [9.17, 15) is 18.5 Å². The molecule has 0 unspecified atom stereocenters. The van der Waals surface area contributed by atoms with Gasteiger partial charge in [-0.05, 0) is 31.0 Å². The van der Waals surface area contributed by atoms with Crippen molar-refractivity contribution in [1.82, 2.24) is 0 Å². The summed E-state index contributed by atoms with van der Waals surface area (Å²) in [5.74, 6) is 0. The molecule has 1 aliphatic heterocycles. The second-order valence-corrected chi connectivity index (χ2v) is 8.44. The summed E-state index contributed by atoms with van der Waals surface area (Å²) in [5, 5.41) is 14.2. The molecule has 1 saturated heterocycles. The molecule has 0 atom stereocenters. The highest BCUT2D eigenvalue weighted by Crippen LogP contribution is 2.29. The molecule has 0 saturated carbocycles. The van der Waals surface area contributed by atoms with Gasteiger partial charge in [0.1, 0.15) is 0 Å². The number of benzene rings is 2. The summed E-state index contributed by atoms with van der Waals surface area (Å²) >= 11 is 0. The van der Waals surface area contributed by atoms with Crippen molar-refractivity contribution in [3.05, 3.63) is 58.6 Å². The second-order valence-electron chi connectivity index (χ2n) is 6.45. The summed E-state index contributed by atoms with van der Waals surface area (Å²) in [6, 6.07) is 14.2. The monoisotopic (exact) mass is 375 g/mol. The number of hydrogen-bond donors (Lipinski definition) is 1. The number of hydrogen-bond acceptors (Lipinski definition) is 6. The van der Waals surface area contributed by atoms with Gasteiger partial charge in [0.05, 0.1) is 15.5 Å². The van der Waals surface area contributed by atoms with Crippen molar-refractivity contribution in [3.63, 3.8) is 0 Å². The highest BCUT2D eigenvalue weighted by Gasteiger charge is 2.23. The molecule has 1 aliphatic rings. The lowest BCUT2D eigenvalue weighted by molar-refractivity contribution is -0.385. The number of rotatable bonds is 5. The van der Waals surface area contributed by atoms with E-state index in [4.69, 9.17) is 0 Å². The van der Waals surface area contributed by atoms with Crippen molar-refractivity contribution >= 4 is 26.9 Å². The SMILES string of the molecule is CS(=O)(=O)c1cc([N+](=O)[O-])ccc1NC1CCN(c2ccccc2)CC1. The number of anilines is 2. The summed E-state index contributed by atoms with van der Waals surface area (Å²) in [7, 11) is -3.57. The highest BCUT2D eigenvalue weighted by atomic mass is 32.2. The third-order valence-electron chi connectivity index (χ3n) is 4.55. The summed E-state index contributed by atoms with van der Waals surface area (Å²) in [6.45, 7) is 1.73. The number of piperidine rings is 1. The first kappa shape index (κ1) is 18.2. The average molecular weight is 375 g/mol. The summed E-state index contributed by atoms with van der Waals surface area (Å²) < 4.78 is 24.1. The highest BCUT2D eigenvalue weighted by molar-refractivity contribution is 7.90. The fraction of sp³-hybridized carbons (Fsp3) is 0.333. The van der Waals surface area contributed by atoms with Crippen molar-refractivity contribution < 1.29 is 13.3 Å². The van der Waals surface area contributed by atoms with E-state index >= 15 is 0 Å². The van der Waals surface area contributed by atoms with Gasteiger partial charge in [-0.1, -0.05) is 18.2 Å². The van der Waals surface area contributed by atoms with Crippen molar-refractivity contribution in [2.45, 2.75) is 23.8 Å². The Hall–Kier alpha value is -2.61. The van der Waals surface area contributed by atoms with Crippen LogP contribution in [-0.4, -0.2) is 38.7 Å². The summed E-state index contributed by atoms with van der Waals surface area (Å²) in [6.07, 6.45) is 2.78. The molecule has 1 fully saturated rings. The maximum atomic E-state index is 12.0. The number of para-hydroxylation sites is 1. The molecule has 26 heavy (non-hydrogen) atoms. The molecular weight excluding hydrogens is 354 g/mol. The maximum absolute atomic E-state index is 12.0. The molecule has 7 nitrogen and oxygen atoms in total. The molecule has 1 N–H and O–H groups in total. The Morgan fingerprint density at radius 1 is 1.12 bits per heavy atom. The van der Waals surface area contributed by atoms with Crippen LogP contribution in [0, 0.1) is 10.1 Å². The minimum atomic E-state index is -3.57. The van der Waals surface area contributed by atoms with Crippen LogP contribution in [-0.2, 0) is 9.84 Å². The van der Waals surface area contributed by atoms with Crippen LogP contribution in [0.2, 0.25) is 0 Å². The van der Waals surface area contributed by atoms with Gasteiger partial charge in [0.2, 0.25) is 0 Å². The Labute approximate surface area is 152 Å². The number of nitro benzene ring substituents is 1. The Balaban J connectivity index is 1.73. The second kappa shape index (κ2) is 7.33. The van der Waals surface area contributed by atoms with Gasteiger partial charge in [-0.15, -0.1) is 0 Å². The molecular formula is C18H21N3O4S. The average Bonchev–Trinajstić information content (AvgIpc) is 2.62. The first-order chi connectivity index (χ1) is 12.3. The zero-order valence-electron chi connectivity index (χ0n) is 14.5. The van der Waals surface area contributed by atoms with Crippen LogP contribution in [0.1, 0.15) is 12.8 Å². The van der Waals surface area contributed by atoms with Crippen molar-refractivity contribution in [3.8, 4) is 0 Å². The Morgan fingerprint density at radius 2 is 1.77 bits per heavy atom.